The first-order valence-corrected chi connectivity index (χ1v) is 7.14. The van der Waals surface area contributed by atoms with Crippen LogP contribution in [0.4, 0.5) is 0 Å². The normalized spacial score (nSPS) is 12.0. The van der Waals surface area contributed by atoms with E-state index >= 15 is 0 Å². The summed E-state index contributed by atoms with van der Waals surface area (Å²) in [4.78, 5) is 3.53. The number of para-hydroxylation sites is 2. The van der Waals surface area contributed by atoms with Gasteiger partial charge in [0, 0.05) is 27.1 Å². The fraction of sp³-hybridized carbons (Fsp3) is 0.0526. The third-order valence-corrected chi connectivity index (χ3v) is 4.32. The topological polar surface area (TPSA) is 28.9 Å². The maximum Gasteiger partial charge on any atom is 0.159 e. The van der Waals surface area contributed by atoms with Gasteiger partial charge in [0.25, 0.3) is 0 Å². The van der Waals surface area contributed by atoms with Gasteiger partial charge in [0.1, 0.15) is 5.58 Å². The van der Waals surface area contributed by atoms with E-state index in [0.717, 1.165) is 22.2 Å². The summed E-state index contributed by atoms with van der Waals surface area (Å²) >= 11 is 0. The van der Waals surface area contributed by atoms with Gasteiger partial charge < -0.3 is 9.40 Å². The third-order valence-electron chi connectivity index (χ3n) is 4.32. The molecule has 1 N–H and O–H groups in total. The quantitative estimate of drug-likeness (QED) is 0.394. The van der Waals surface area contributed by atoms with Gasteiger partial charge in [-0.05, 0) is 30.7 Å². The molecule has 0 saturated heterocycles. The molecule has 0 fully saturated rings. The van der Waals surface area contributed by atoms with Crippen molar-refractivity contribution in [3.05, 3.63) is 60.2 Å². The highest BCUT2D eigenvalue weighted by Crippen LogP contribution is 2.38. The Morgan fingerprint density at radius 3 is 2.52 bits per heavy atom. The van der Waals surface area contributed by atoms with Gasteiger partial charge in [-0.3, -0.25) is 0 Å². The van der Waals surface area contributed by atoms with Gasteiger partial charge >= 0.3 is 0 Å². The lowest BCUT2D eigenvalue weighted by molar-refractivity contribution is 0.672. The van der Waals surface area contributed by atoms with Gasteiger partial charge in [0.15, 0.2) is 5.58 Å². The number of nitrogens with one attached hydrogen (secondary N) is 1. The lowest BCUT2D eigenvalue weighted by atomic mass is 10.0. The molecule has 0 aliphatic carbocycles. The second-order valence-electron chi connectivity index (χ2n) is 5.59. The Hall–Kier alpha value is -2.74. The Morgan fingerprint density at radius 1 is 0.857 bits per heavy atom. The average molecular weight is 271 g/mol. The first-order valence-electron chi connectivity index (χ1n) is 7.14. The second-order valence-corrected chi connectivity index (χ2v) is 5.59. The third kappa shape index (κ3) is 1.32. The van der Waals surface area contributed by atoms with E-state index in [4.69, 9.17) is 4.42 Å². The van der Waals surface area contributed by atoms with Crippen molar-refractivity contribution in [2.24, 2.45) is 0 Å². The number of hydrogen-bond acceptors (Lipinski definition) is 1. The van der Waals surface area contributed by atoms with Crippen molar-refractivity contribution in [3.63, 3.8) is 0 Å². The summed E-state index contributed by atoms with van der Waals surface area (Å²) < 4.78 is 6.12. The zero-order valence-electron chi connectivity index (χ0n) is 11.6. The van der Waals surface area contributed by atoms with Crippen LogP contribution in [-0.4, -0.2) is 4.98 Å². The number of aromatic nitrogens is 1. The number of rotatable bonds is 0. The molecular weight excluding hydrogens is 258 g/mol. The van der Waals surface area contributed by atoms with Crippen LogP contribution in [0.25, 0.3) is 43.7 Å². The number of aromatic amines is 1. The van der Waals surface area contributed by atoms with E-state index in [1.165, 1.54) is 27.1 Å². The Labute approximate surface area is 121 Å². The first-order chi connectivity index (χ1) is 10.3. The van der Waals surface area contributed by atoms with Crippen LogP contribution in [0, 0.1) is 6.92 Å². The van der Waals surface area contributed by atoms with Crippen LogP contribution in [0.5, 0.6) is 0 Å². The Bertz CT molecular complexity index is 1140. The molecule has 2 heterocycles. The highest BCUT2D eigenvalue weighted by molar-refractivity contribution is 6.21. The monoisotopic (exact) mass is 271 g/mol. The van der Waals surface area contributed by atoms with Crippen molar-refractivity contribution in [3.8, 4) is 0 Å². The van der Waals surface area contributed by atoms with Gasteiger partial charge in [0.05, 0.1) is 5.52 Å². The van der Waals surface area contributed by atoms with Gasteiger partial charge in [-0.2, -0.15) is 0 Å². The van der Waals surface area contributed by atoms with Crippen molar-refractivity contribution in [1.82, 2.24) is 4.98 Å². The zero-order chi connectivity index (χ0) is 14.0. The minimum Gasteiger partial charge on any atom is -0.454 e. The first kappa shape index (κ1) is 11.0. The van der Waals surface area contributed by atoms with Gasteiger partial charge in [-0.15, -0.1) is 0 Å². The lowest BCUT2D eigenvalue weighted by Crippen LogP contribution is -1.77. The van der Waals surface area contributed by atoms with Crippen molar-refractivity contribution in [2.45, 2.75) is 6.92 Å². The van der Waals surface area contributed by atoms with E-state index in [9.17, 15) is 0 Å². The van der Waals surface area contributed by atoms with Gasteiger partial charge in [-0.25, -0.2) is 0 Å². The van der Waals surface area contributed by atoms with Gasteiger partial charge in [0.2, 0.25) is 0 Å². The molecule has 0 radical (unpaired) electrons. The molecule has 0 spiro atoms. The fourth-order valence-electron chi connectivity index (χ4n) is 3.40. The molecule has 100 valence electrons. The molecule has 21 heavy (non-hydrogen) atoms. The Morgan fingerprint density at radius 2 is 1.62 bits per heavy atom. The molecule has 2 heteroatoms. The van der Waals surface area contributed by atoms with Crippen molar-refractivity contribution >= 4 is 43.7 Å². The lowest BCUT2D eigenvalue weighted by Gasteiger charge is -1.98. The van der Waals surface area contributed by atoms with E-state index in [-0.39, 0.29) is 0 Å². The van der Waals surface area contributed by atoms with E-state index in [1.807, 2.05) is 12.1 Å². The maximum atomic E-state index is 6.12. The number of benzene rings is 3. The molecule has 5 aromatic rings. The molecule has 0 bridgehead atoms. The fourth-order valence-corrected chi connectivity index (χ4v) is 3.40. The molecule has 2 nitrogen and oxygen atoms in total. The largest absolute Gasteiger partial charge is 0.454 e. The molecule has 0 saturated carbocycles. The van der Waals surface area contributed by atoms with Crippen molar-refractivity contribution in [1.29, 1.82) is 0 Å². The summed E-state index contributed by atoms with van der Waals surface area (Å²) in [5, 5.41) is 4.88. The number of furan rings is 1. The van der Waals surface area contributed by atoms with Crippen molar-refractivity contribution < 1.29 is 4.42 Å². The standard InChI is InChI=1S/C19H13NO/c1-11-10-14-12-6-3-5-9-16(12)21-19(14)18-17(11)13-7-2-4-8-15(13)20-18/h2-10,20H,1H3. The van der Waals surface area contributed by atoms with Gasteiger partial charge in [-0.1, -0.05) is 36.4 Å². The highest BCUT2D eigenvalue weighted by atomic mass is 16.3. The SMILES string of the molecule is Cc1cc2c3ccccc3oc2c2[nH]c3ccccc3c12. The summed E-state index contributed by atoms with van der Waals surface area (Å²) in [6, 6.07) is 18.9. The minimum atomic E-state index is 0.943. The predicted molar refractivity (Wildman–Crippen MR) is 87.8 cm³/mol. The van der Waals surface area contributed by atoms with Crippen LogP contribution in [0.2, 0.25) is 0 Å². The number of H-pyrrole nitrogens is 1. The summed E-state index contributed by atoms with van der Waals surface area (Å²) in [6.45, 7) is 2.17. The van der Waals surface area contributed by atoms with E-state index in [2.05, 4.69) is 54.4 Å². The van der Waals surface area contributed by atoms with E-state index < -0.39 is 0 Å². The average Bonchev–Trinajstić information content (AvgIpc) is 3.06. The number of aryl methyl sites for hydroxylation is 1. The molecule has 5 rings (SSSR count). The van der Waals surface area contributed by atoms with Crippen LogP contribution >= 0.6 is 0 Å². The molecule has 3 aromatic carbocycles. The van der Waals surface area contributed by atoms with Crippen LogP contribution < -0.4 is 0 Å². The summed E-state index contributed by atoms with van der Waals surface area (Å²) in [7, 11) is 0. The Kier molecular flexibility index (Phi) is 1.92. The van der Waals surface area contributed by atoms with Crippen molar-refractivity contribution in [2.75, 3.05) is 0 Å². The number of hydrogen-bond donors (Lipinski definition) is 1. The summed E-state index contributed by atoms with van der Waals surface area (Å²) in [5.41, 5.74) is 5.43. The maximum absolute atomic E-state index is 6.12. The molecule has 0 atom stereocenters. The van der Waals surface area contributed by atoms with E-state index in [0.29, 0.717) is 0 Å². The Balaban J connectivity index is 2.14. The molecule has 0 aliphatic rings. The second kappa shape index (κ2) is 3.67. The zero-order valence-corrected chi connectivity index (χ0v) is 11.6. The minimum absolute atomic E-state index is 0.943. The molecule has 2 aromatic heterocycles. The van der Waals surface area contributed by atoms with E-state index in [1.54, 1.807) is 0 Å². The predicted octanol–water partition coefficient (Wildman–Crippen LogP) is 5.53. The molecule has 0 amide bonds. The summed E-state index contributed by atoms with van der Waals surface area (Å²) in [6.07, 6.45) is 0. The highest BCUT2D eigenvalue weighted by Gasteiger charge is 2.15. The van der Waals surface area contributed by atoms with Crippen LogP contribution in [0.3, 0.4) is 0 Å². The van der Waals surface area contributed by atoms with Crippen LogP contribution in [0.1, 0.15) is 5.56 Å². The summed E-state index contributed by atoms with van der Waals surface area (Å²) in [5.74, 6) is 0. The number of fused-ring (bicyclic) bond motifs is 7. The molecular formula is C19H13NO. The smallest absolute Gasteiger partial charge is 0.159 e. The molecule has 0 unspecified atom stereocenters. The van der Waals surface area contributed by atoms with Crippen LogP contribution in [-0.2, 0) is 0 Å². The molecule has 0 aliphatic heterocycles. The van der Waals surface area contributed by atoms with Crippen LogP contribution in [0.15, 0.2) is 59.0 Å².